The Morgan fingerprint density at radius 2 is 2.00 bits per heavy atom. The molecule has 3 rings (SSSR count). The van der Waals surface area contributed by atoms with Crippen molar-refractivity contribution in [1.29, 1.82) is 0 Å². The van der Waals surface area contributed by atoms with Crippen molar-refractivity contribution in [2.45, 2.75) is 6.29 Å². The molecular weight excluding hydrogens is 164 g/mol. The maximum absolute atomic E-state index is 5.57. The highest BCUT2D eigenvalue weighted by molar-refractivity contribution is 5.59. The Hall–Kier alpha value is -1.70. The highest BCUT2D eigenvalue weighted by atomic mass is 16.8. The largest absolute Gasteiger partial charge is 0.447 e. The number of rotatable bonds is 0. The van der Waals surface area contributed by atoms with E-state index in [9.17, 15) is 0 Å². The molecular formula is C11H8O2. The molecule has 64 valence electrons. The van der Waals surface area contributed by atoms with E-state index in [4.69, 9.17) is 9.47 Å². The zero-order chi connectivity index (χ0) is 8.67. The minimum absolute atomic E-state index is 0.147. The lowest BCUT2D eigenvalue weighted by molar-refractivity contribution is 0.179. The van der Waals surface area contributed by atoms with Gasteiger partial charge in [-0.3, -0.25) is 0 Å². The minimum Gasteiger partial charge on any atom is -0.447 e. The Morgan fingerprint density at radius 3 is 3.00 bits per heavy atom. The third-order valence-electron chi connectivity index (χ3n) is 2.11. The number of epoxide rings is 1. The van der Waals surface area contributed by atoms with Crippen LogP contribution < -0.4 is 4.74 Å². The van der Waals surface area contributed by atoms with Crippen LogP contribution in [0, 0.1) is 0 Å². The second-order valence-corrected chi connectivity index (χ2v) is 3.03. The van der Waals surface area contributed by atoms with Gasteiger partial charge in [0.15, 0.2) is 5.76 Å². The van der Waals surface area contributed by atoms with Gasteiger partial charge in [-0.05, 0) is 12.1 Å². The maximum Gasteiger partial charge on any atom is 0.299 e. The molecule has 0 saturated carbocycles. The van der Waals surface area contributed by atoms with Gasteiger partial charge in [0.2, 0.25) is 0 Å². The number of hydrogen-bond acceptors (Lipinski definition) is 2. The van der Waals surface area contributed by atoms with Crippen LogP contribution in [0.2, 0.25) is 0 Å². The highest BCUT2D eigenvalue weighted by Crippen LogP contribution is 2.33. The predicted octanol–water partition coefficient (Wildman–Crippen LogP) is 2.33. The van der Waals surface area contributed by atoms with Crippen LogP contribution >= 0.6 is 0 Å². The van der Waals surface area contributed by atoms with Crippen molar-refractivity contribution in [2.24, 2.45) is 0 Å². The zero-order valence-electron chi connectivity index (χ0n) is 6.94. The summed E-state index contributed by atoms with van der Waals surface area (Å²) in [5, 5.41) is 0. The van der Waals surface area contributed by atoms with Gasteiger partial charge in [-0.15, -0.1) is 0 Å². The van der Waals surface area contributed by atoms with Crippen LogP contribution in [0.4, 0.5) is 0 Å². The topological polar surface area (TPSA) is 21.8 Å². The molecule has 2 aliphatic rings. The first-order valence-corrected chi connectivity index (χ1v) is 4.24. The molecule has 0 N–H and O–H groups in total. The van der Waals surface area contributed by atoms with E-state index in [-0.39, 0.29) is 6.29 Å². The predicted molar refractivity (Wildman–Crippen MR) is 49.1 cm³/mol. The van der Waals surface area contributed by atoms with Crippen LogP contribution in [-0.2, 0) is 4.74 Å². The van der Waals surface area contributed by atoms with Crippen LogP contribution in [-0.4, -0.2) is 6.29 Å². The molecule has 13 heavy (non-hydrogen) atoms. The first-order valence-electron chi connectivity index (χ1n) is 4.24. The lowest BCUT2D eigenvalue weighted by atomic mass is 10.2. The summed E-state index contributed by atoms with van der Waals surface area (Å²) in [5.41, 5.74) is 1.09. The van der Waals surface area contributed by atoms with Gasteiger partial charge in [0.05, 0.1) is 0 Å². The Morgan fingerprint density at radius 1 is 1.08 bits per heavy atom. The van der Waals surface area contributed by atoms with Gasteiger partial charge in [-0.25, -0.2) is 0 Å². The first-order chi connectivity index (χ1) is 6.43. The molecule has 1 unspecified atom stereocenters. The molecule has 0 aliphatic carbocycles. The van der Waals surface area contributed by atoms with Gasteiger partial charge < -0.3 is 9.47 Å². The van der Waals surface area contributed by atoms with Crippen molar-refractivity contribution >= 4 is 6.08 Å². The van der Waals surface area contributed by atoms with E-state index < -0.39 is 0 Å². The van der Waals surface area contributed by atoms with E-state index >= 15 is 0 Å². The molecule has 0 aromatic heterocycles. The molecule has 0 radical (unpaired) electrons. The van der Waals surface area contributed by atoms with Crippen LogP contribution in [0.5, 0.6) is 5.75 Å². The summed E-state index contributed by atoms with van der Waals surface area (Å²) in [5.74, 6) is 1.79. The monoisotopic (exact) mass is 172 g/mol. The number of allylic oxidation sites excluding steroid dienone is 2. The number of benzene rings is 1. The van der Waals surface area contributed by atoms with Gasteiger partial charge in [-0.1, -0.05) is 30.4 Å². The van der Waals surface area contributed by atoms with Crippen molar-refractivity contribution in [3.05, 3.63) is 47.7 Å². The Kier molecular flexibility index (Phi) is 1.25. The standard InChI is InChI=1S/C11H8O2/c1-2-6-9-8(4-1)5-3-7-10-11(12-9)13-10/h1-7,11H/b5-3-,10-7+. The molecule has 1 atom stereocenters. The first kappa shape index (κ1) is 6.78. The normalized spacial score (nSPS) is 28.9. The molecule has 1 saturated heterocycles. The summed E-state index contributed by atoms with van der Waals surface area (Å²) < 4.78 is 10.8. The number of hydrogen-bond donors (Lipinski definition) is 0. The number of para-hydroxylation sites is 1. The lowest BCUT2D eigenvalue weighted by Gasteiger charge is -2.05. The van der Waals surface area contributed by atoms with Gasteiger partial charge in [0.1, 0.15) is 5.75 Å². The summed E-state index contributed by atoms with van der Waals surface area (Å²) in [6.07, 6.45) is 5.78. The SMILES string of the molecule is C1=C\c2ccccc2OC2O/C2=C/1. The molecule has 0 bridgehead atoms. The molecule has 2 nitrogen and oxygen atoms in total. The van der Waals surface area contributed by atoms with Crippen molar-refractivity contribution in [2.75, 3.05) is 0 Å². The summed E-state index contributed by atoms with van der Waals surface area (Å²) in [6.45, 7) is 0. The third kappa shape index (κ3) is 1.11. The fourth-order valence-corrected chi connectivity index (χ4v) is 1.38. The van der Waals surface area contributed by atoms with Crippen LogP contribution in [0.25, 0.3) is 6.08 Å². The fraction of sp³-hybridized carbons (Fsp3) is 0.0909. The molecule has 1 fully saturated rings. The summed E-state index contributed by atoms with van der Waals surface area (Å²) in [4.78, 5) is 0. The average molecular weight is 172 g/mol. The maximum atomic E-state index is 5.57. The minimum atomic E-state index is -0.147. The molecule has 0 spiro atoms. The molecule has 1 aromatic carbocycles. The van der Waals surface area contributed by atoms with E-state index in [1.54, 1.807) is 0 Å². The Balaban J connectivity index is 2.09. The van der Waals surface area contributed by atoms with Crippen molar-refractivity contribution in [3.63, 3.8) is 0 Å². The summed E-state index contributed by atoms with van der Waals surface area (Å²) >= 11 is 0. The van der Waals surface area contributed by atoms with E-state index in [1.165, 1.54) is 0 Å². The number of fused-ring (bicyclic) bond motifs is 2. The van der Waals surface area contributed by atoms with Crippen molar-refractivity contribution in [1.82, 2.24) is 0 Å². The van der Waals surface area contributed by atoms with Crippen LogP contribution in [0.1, 0.15) is 5.56 Å². The molecule has 1 aromatic rings. The second kappa shape index (κ2) is 2.39. The quantitative estimate of drug-likeness (QED) is 0.560. The Labute approximate surface area is 76.1 Å². The highest BCUT2D eigenvalue weighted by Gasteiger charge is 2.35. The summed E-state index contributed by atoms with van der Waals surface area (Å²) in [7, 11) is 0. The van der Waals surface area contributed by atoms with E-state index in [2.05, 4.69) is 0 Å². The van der Waals surface area contributed by atoms with Crippen LogP contribution in [0.15, 0.2) is 42.2 Å². The van der Waals surface area contributed by atoms with Gasteiger partial charge in [-0.2, -0.15) is 0 Å². The third-order valence-corrected chi connectivity index (χ3v) is 2.11. The summed E-state index contributed by atoms with van der Waals surface area (Å²) in [6, 6.07) is 7.92. The van der Waals surface area contributed by atoms with E-state index in [1.807, 2.05) is 42.5 Å². The lowest BCUT2D eigenvalue weighted by Crippen LogP contribution is -1.99. The molecule has 2 heteroatoms. The smallest absolute Gasteiger partial charge is 0.299 e. The van der Waals surface area contributed by atoms with Gasteiger partial charge >= 0.3 is 0 Å². The molecule has 2 heterocycles. The molecule has 2 aliphatic heterocycles. The Bertz CT molecular complexity index is 404. The van der Waals surface area contributed by atoms with E-state index in [0.717, 1.165) is 17.1 Å². The second-order valence-electron chi connectivity index (χ2n) is 3.03. The fourth-order valence-electron chi connectivity index (χ4n) is 1.38. The van der Waals surface area contributed by atoms with Crippen molar-refractivity contribution in [3.8, 4) is 5.75 Å². The van der Waals surface area contributed by atoms with Gasteiger partial charge in [0.25, 0.3) is 6.29 Å². The zero-order valence-corrected chi connectivity index (χ0v) is 6.94. The van der Waals surface area contributed by atoms with E-state index in [0.29, 0.717) is 0 Å². The number of ether oxygens (including phenoxy) is 2. The van der Waals surface area contributed by atoms with Gasteiger partial charge in [0, 0.05) is 5.56 Å². The average Bonchev–Trinajstić information content (AvgIpc) is 2.84. The molecule has 0 amide bonds. The van der Waals surface area contributed by atoms with Crippen molar-refractivity contribution < 1.29 is 9.47 Å². The van der Waals surface area contributed by atoms with Crippen LogP contribution in [0.3, 0.4) is 0 Å².